The smallest absolute Gasteiger partial charge is 0.305 e. The van der Waals surface area contributed by atoms with E-state index < -0.39 is 17.4 Å². The third kappa shape index (κ3) is 3.30. The molecule has 0 fully saturated rings. The Kier molecular flexibility index (Phi) is 3.88. The number of aliphatic carboxylic acids is 1. The van der Waals surface area contributed by atoms with Crippen LogP contribution in [0.25, 0.3) is 0 Å². The van der Waals surface area contributed by atoms with Crippen LogP contribution in [-0.4, -0.2) is 27.5 Å². The van der Waals surface area contributed by atoms with Crippen LogP contribution in [0.4, 0.5) is 0 Å². The van der Waals surface area contributed by atoms with Gasteiger partial charge in [-0.15, -0.1) is 0 Å². The van der Waals surface area contributed by atoms with Gasteiger partial charge >= 0.3 is 5.97 Å². The van der Waals surface area contributed by atoms with E-state index in [2.05, 4.69) is 10.3 Å². The quantitative estimate of drug-likeness (QED) is 0.810. The Balaban J connectivity index is 2.79. The van der Waals surface area contributed by atoms with Gasteiger partial charge in [0.25, 0.3) is 5.91 Å². The highest BCUT2D eigenvalue weighted by molar-refractivity contribution is 5.93. The SMILES string of the molecule is CCC(C)(CC(=O)O)NC(=O)c1ncoc1C. The zero-order valence-corrected chi connectivity index (χ0v) is 10.1. The first-order chi connectivity index (χ1) is 7.88. The molecule has 1 heterocycles. The lowest BCUT2D eigenvalue weighted by atomic mass is 9.94. The van der Waals surface area contributed by atoms with Gasteiger partial charge in [0.05, 0.1) is 6.42 Å². The Morgan fingerprint density at radius 1 is 1.59 bits per heavy atom. The van der Waals surface area contributed by atoms with Crippen LogP contribution in [0.15, 0.2) is 10.8 Å². The van der Waals surface area contributed by atoms with E-state index in [0.717, 1.165) is 0 Å². The van der Waals surface area contributed by atoms with Crippen molar-refractivity contribution in [2.75, 3.05) is 0 Å². The van der Waals surface area contributed by atoms with E-state index in [1.54, 1.807) is 13.8 Å². The molecule has 0 bridgehead atoms. The summed E-state index contributed by atoms with van der Waals surface area (Å²) in [6.45, 7) is 5.13. The molecule has 0 aliphatic carbocycles. The van der Waals surface area contributed by atoms with Crippen LogP contribution in [0.5, 0.6) is 0 Å². The molecule has 6 heteroatoms. The van der Waals surface area contributed by atoms with E-state index in [1.165, 1.54) is 6.39 Å². The fourth-order valence-electron chi connectivity index (χ4n) is 1.45. The molecule has 94 valence electrons. The predicted molar refractivity (Wildman–Crippen MR) is 59.7 cm³/mol. The number of carboxylic acid groups (broad SMARTS) is 1. The van der Waals surface area contributed by atoms with Crippen LogP contribution in [0.3, 0.4) is 0 Å². The Bertz CT molecular complexity index is 427. The number of amides is 1. The summed E-state index contributed by atoms with van der Waals surface area (Å²) in [6.07, 6.45) is 1.57. The third-order valence-corrected chi connectivity index (χ3v) is 2.70. The molecule has 0 saturated carbocycles. The van der Waals surface area contributed by atoms with Crippen molar-refractivity contribution in [2.45, 2.75) is 39.2 Å². The van der Waals surface area contributed by atoms with Crippen molar-refractivity contribution in [3.63, 3.8) is 0 Å². The highest BCUT2D eigenvalue weighted by Crippen LogP contribution is 2.16. The van der Waals surface area contributed by atoms with Crippen LogP contribution in [0.1, 0.15) is 42.9 Å². The van der Waals surface area contributed by atoms with Crippen LogP contribution < -0.4 is 5.32 Å². The topological polar surface area (TPSA) is 92.4 Å². The molecule has 1 aromatic rings. The highest BCUT2D eigenvalue weighted by Gasteiger charge is 2.29. The first-order valence-corrected chi connectivity index (χ1v) is 5.32. The van der Waals surface area contributed by atoms with E-state index in [4.69, 9.17) is 9.52 Å². The van der Waals surface area contributed by atoms with Crippen molar-refractivity contribution in [3.8, 4) is 0 Å². The van der Waals surface area contributed by atoms with Crippen LogP contribution in [-0.2, 0) is 4.79 Å². The maximum absolute atomic E-state index is 11.9. The van der Waals surface area contributed by atoms with Crippen LogP contribution in [0, 0.1) is 6.92 Å². The van der Waals surface area contributed by atoms with E-state index in [0.29, 0.717) is 12.2 Å². The summed E-state index contributed by atoms with van der Waals surface area (Å²) >= 11 is 0. The maximum atomic E-state index is 11.9. The fourth-order valence-corrected chi connectivity index (χ4v) is 1.45. The Hall–Kier alpha value is -1.85. The third-order valence-electron chi connectivity index (χ3n) is 2.70. The lowest BCUT2D eigenvalue weighted by molar-refractivity contribution is -0.138. The summed E-state index contributed by atoms with van der Waals surface area (Å²) in [5.41, 5.74) is -0.594. The molecule has 0 spiro atoms. The zero-order chi connectivity index (χ0) is 13.1. The number of rotatable bonds is 5. The molecule has 1 aromatic heterocycles. The van der Waals surface area contributed by atoms with Crippen LogP contribution >= 0.6 is 0 Å². The van der Waals surface area contributed by atoms with Gasteiger partial charge in [-0.2, -0.15) is 0 Å². The molecule has 17 heavy (non-hydrogen) atoms. The van der Waals surface area contributed by atoms with Crippen LogP contribution in [0.2, 0.25) is 0 Å². The van der Waals surface area contributed by atoms with Crippen molar-refractivity contribution < 1.29 is 19.1 Å². The van der Waals surface area contributed by atoms with E-state index in [1.807, 2.05) is 6.92 Å². The molecule has 0 aliphatic heterocycles. The van der Waals surface area contributed by atoms with Crippen molar-refractivity contribution in [1.82, 2.24) is 10.3 Å². The minimum Gasteiger partial charge on any atom is -0.481 e. The molecule has 0 aliphatic rings. The average molecular weight is 240 g/mol. The lowest BCUT2D eigenvalue weighted by Crippen LogP contribution is -2.47. The van der Waals surface area contributed by atoms with Crippen molar-refractivity contribution >= 4 is 11.9 Å². The maximum Gasteiger partial charge on any atom is 0.305 e. The fraction of sp³-hybridized carbons (Fsp3) is 0.545. The molecule has 0 saturated heterocycles. The molecule has 2 N–H and O–H groups in total. The molecule has 0 radical (unpaired) electrons. The Morgan fingerprint density at radius 2 is 2.24 bits per heavy atom. The summed E-state index contributed by atoms with van der Waals surface area (Å²) < 4.78 is 4.93. The lowest BCUT2D eigenvalue weighted by Gasteiger charge is -2.27. The summed E-state index contributed by atoms with van der Waals surface area (Å²) in [7, 11) is 0. The average Bonchev–Trinajstić information content (AvgIpc) is 2.63. The molecular weight excluding hydrogens is 224 g/mol. The molecule has 1 unspecified atom stereocenters. The van der Waals surface area contributed by atoms with Gasteiger partial charge in [-0.1, -0.05) is 6.92 Å². The first-order valence-electron chi connectivity index (χ1n) is 5.32. The minimum absolute atomic E-state index is 0.133. The molecule has 1 atom stereocenters. The van der Waals surface area contributed by atoms with Gasteiger partial charge in [-0.3, -0.25) is 9.59 Å². The number of carboxylic acids is 1. The largest absolute Gasteiger partial charge is 0.481 e. The number of hydrogen-bond acceptors (Lipinski definition) is 4. The number of hydrogen-bond donors (Lipinski definition) is 2. The van der Waals surface area contributed by atoms with Gasteiger partial charge < -0.3 is 14.8 Å². The van der Waals surface area contributed by atoms with Gasteiger partial charge in [0.1, 0.15) is 5.76 Å². The van der Waals surface area contributed by atoms with E-state index in [-0.39, 0.29) is 12.1 Å². The number of nitrogens with zero attached hydrogens (tertiary/aromatic N) is 1. The molecule has 0 aromatic carbocycles. The van der Waals surface area contributed by atoms with Crippen molar-refractivity contribution in [3.05, 3.63) is 17.8 Å². The summed E-state index contributed by atoms with van der Waals surface area (Å²) in [6, 6.07) is 0. The number of aromatic nitrogens is 1. The molecule has 1 rings (SSSR count). The summed E-state index contributed by atoms with van der Waals surface area (Å²) in [5.74, 6) is -0.954. The Labute approximate surface area is 99.0 Å². The number of aryl methyl sites for hydroxylation is 1. The van der Waals surface area contributed by atoms with Gasteiger partial charge in [-0.05, 0) is 20.3 Å². The standard InChI is InChI=1S/C11H16N2O4/c1-4-11(3,5-8(14)15)13-10(16)9-7(2)17-6-12-9/h6H,4-5H2,1-3H3,(H,13,16)(H,14,15). The number of carbonyl (C=O) groups excluding carboxylic acids is 1. The van der Waals surface area contributed by atoms with Gasteiger partial charge in [0.15, 0.2) is 12.1 Å². The second-order valence-corrected chi connectivity index (χ2v) is 4.20. The van der Waals surface area contributed by atoms with Crippen molar-refractivity contribution in [2.24, 2.45) is 0 Å². The summed E-state index contributed by atoms with van der Waals surface area (Å²) in [5, 5.41) is 11.5. The minimum atomic E-state index is -0.952. The normalized spacial score (nSPS) is 14.1. The first kappa shape index (κ1) is 13.2. The molecule has 1 amide bonds. The second kappa shape index (κ2) is 4.99. The van der Waals surface area contributed by atoms with Gasteiger partial charge in [-0.25, -0.2) is 4.98 Å². The summed E-state index contributed by atoms with van der Waals surface area (Å²) in [4.78, 5) is 26.4. The molecular formula is C11H16N2O4. The monoisotopic (exact) mass is 240 g/mol. The van der Waals surface area contributed by atoms with Gasteiger partial charge in [0, 0.05) is 5.54 Å². The molecule has 6 nitrogen and oxygen atoms in total. The number of carbonyl (C=O) groups is 2. The highest BCUT2D eigenvalue weighted by atomic mass is 16.4. The second-order valence-electron chi connectivity index (χ2n) is 4.20. The number of oxazole rings is 1. The van der Waals surface area contributed by atoms with E-state index in [9.17, 15) is 9.59 Å². The van der Waals surface area contributed by atoms with E-state index >= 15 is 0 Å². The number of nitrogens with one attached hydrogen (secondary N) is 1. The van der Waals surface area contributed by atoms with Crippen molar-refractivity contribution in [1.29, 1.82) is 0 Å². The zero-order valence-electron chi connectivity index (χ0n) is 10.1. The Morgan fingerprint density at radius 3 is 2.65 bits per heavy atom. The predicted octanol–water partition coefficient (Wildman–Crippen LogP) is 1.36. The van der Waals surface area contributed by atoms with Gasteiger partial charge in [0.2, 0.25) is 0 Å².